The van der Waals surface area contributed by atoms with Gasteiger partial charge in [-0.3, -0.25) is 4.79 Å². The van der Waals surface area contributed by atoms with Gasteiger partial charge in [0.15, 0.2) is 0 Å². The van der Waals surface area contributed by atoms with Crippen molar-refractivity contribution in [2.24, 2.45) is 46.3 Å². The Morgan fingerprint density at radius 1 is 0.923 bits per heavy atom. The van der Waals surface area contributed by atoms with Crippen LogP contribution in [0.25, 0.3) is 0 Å². The van der Waals surface area contributed by atoms with E-state index in [4.69, 9.17) is 4.74 Å². The molecule has 8 atom stereocenters. The monoisotopic (exact) mass is 360 g/mol. The molecule has 0 spiro atoms. The molecule has 0 aromatic carbocycles. The number of hydrogen-bond acceptors (Lipinski definition) is 2. The smallest absolute Gasteiger partial charge is 0.302 e. The fourth-order valence-corrected chi connectivity index (χ4v) is 8.24. The molecule has 0 amide bonds. The maximum Gasteiger partial charge on any atom is 0.302 e. The lowest BCUT2D eigenvalue weighted by atomic mass is 9.44. The number of carbonyl (C=O) groups excluding carboxylic acids is 1. The Kier molecular flexibility index (Phi) is 4.72. The number of esters is 1. The third-order valence-corrected chi connectivity index (χ3v) is 9.87. The van der Waals surface area contributed by atoms with E-state index < -0.39 is 0 Å². The number of rotatable bonds is 2. The predicted molar refractivity (Wildman–Crippen MR) is 106 cm³/mol. The van der Waals surface area contributed by atoms with Crippen LogP contribution in [0.3, 0.4) is 0 Å². The minimum atomic E-state index is -0.0818. The fourth-order valence-electron chi connectivity index (χ4n) is 8.24. The minimum Gasteiger partial charge on any atom is -0.462 e. The summed E-state index contributed by atoms with van der Waals surface area (Å²) < 4.78 is 5.80. The first-order valence-electron chi connectivity index (χ1n) is 11.4. The molecule has 0 aromatic rings. The van der Waals surface area contributed by atoms with Crippen LogP contribution in [0.4, 0.5) is 0 Å². The molecule has 0 bridgehead atoms. The quantitative estimate of drug-likeness (QED) is 0.545. The van der Waals surface area contributed by atoms with Gasteiger partial charge in [0.05, 0.1) is 0 Å². The number of hydrogen-bond donors (Lipinski definition) is 0. The molecule has 4 fully saturated rings. The Morgan fingerprint density at radius 3 is 2.31 bits per heavy atom. The van der Waals surface area contributed by atoms with E-state index in [1.807, 2.05) is 0 Å². The third kappa shape index (κ3) is 2.76. The first-order valence-corrected chi connectivity index (χ1v) is 11.4. The van der Waals surface area contributed by atoms with Crippen LogP contribution in [0.1, 0.15) is 92.4 Å². The van der Waals surface area contributed by atoms with Gasteiger partial charge in [-0.25, -0.2) is 0 Å². The van der Waals surface area contributed by atoms with Gasteiger partial charge in [0, 0.05) is 12.3 Å². The molecule has 2 heteroatoms. The molecule has 148 valence electrons. The molecule has 0 saturated heterocycles. The molecule has 0 aromatic heterocycles. The van der Waals surface area contributed by atoms with Crippen LogP contribution in [-0.4, -0.2) is 12.1 Å². The van der Waals surface area contributed by atoms with Crippen molar-refractivity contribution in [3.8, 4) is 0 Å². The third-order valence-electron chi connectivity index (χ3n) is 9.87. The molecule has 2 nitrogen and oxygen atoms in total. The summed E-state index contributed by atoms with van der Waals surface area (Å²) in [5.41, 5.74) is 0.820. The lowest BCUT2D eigenvalue weighted by Gasteiger charge is -2.61. The van der Waals surface area contributed by atoms with E-state index in [1.54, 1.807) is 6.92 Å². The molecule has 0 aliphatic heterocycles. The zero-order valence-corrected chi connectivity index (χ0v) is 17.7. The van der Waals surface area contributed by atoms with Crippen molar-refractivity contribution in [3.63, 3.8) is 0 Å². The summed E-state index contributed by atoms with van der Waals surface area (Å²) in [6.07, 6.45) is 12.5. The van der Waals surface area contributed by atoms with E-state index in [1.165, 1.54) is 51.4 Å². The molecule has 0 N–H and O–H groups in total. The van der Waals surface area contributed by atoms with Gasteiger partial charge in [-0.05, 0) is 98.7 Å². The van der Waals surface area contributed by atoms with E-state index in [9.17, 15) is 4.79 Å². The number of carbonyl (C=O) groups is 1. The topological polar surface area (TPSA) is 26.3 Å². The van der Waals surface area contributed by atoms with E-state index in [2.05, 4.69) is 27.7 Å². The van der Waals surface area contributed by atoms with Crippen molar-refractivity contribution < 1.29 is 9.53 Å². The van der Waals surface area contributed by atoms with Gasteiger partial charge in [-0.1, -0.05) is 27.7 Å². The molecule has 4 aliphatic carbocycles. The zero-order valence-electron chi connectivity index (χ0n) is 17.7. The summed E-state index contributed by atoms with van der Waals surface area (Å²) in [6.45, 7) is 11.5. The SMILES string of the molecule is CC(=O)O[C@H]1CC[C@@H]2[C@@H]3CC[C@H]4C[C@@H](C(C)C)CC[C@]4(C)[C@@H]3CC[C@]12C. The molecule has 0 unspecified atom stereocenters. The maximum absolute atomic E-state index is 11.6. The number of ether oxygens (including phenoxy) is 1. The van der Waals surface area contributed by atoms with Crippen molar-refractivity contribution in [1.82, 2.24) is 0 Å². The molecule has 0 heterocycles. The van der Waals surface area contributed by atoms with Crippen LogP contribution in [0.15, 0.2) is 0 Å². The van der Waals surface area contributed by atoms with Gasteiger partial charge in [-0.15, -0.1) is 0 Å². The second kappa shape index (κ2) is 6.52. The van der Waals surface area contributed by atoms with Crippen LogP contribution < -0.4 is 0 Å². The van der Waals surface area contributed by atoms with Crippen LogP contribution in [0, 0.1) is 46.3 Å². The maximum atomic E-state index is 11.6. The Hall–Kier alpha value is -0.530. The summed E-state index contributed by atoms with van der Waals surface area (Å²) >= 11 is 0. The first kappa shape index (κ1) is 18.8. The van der Waals surface area contributed by atoms with Gasteiger partial charge in [0.1, 0.15) is 6.10 Å². The highest BCUT2D eigenvalue weighted by Gasteiger charge is 2.61. The van der Waals surface area contributed by atoms with E-state index in [0.717, 1.165) is 41.9 Å². The van der Waals surface area contributed by atoms with E-state index >= 15 is 0 Å². The largest absolute Gasteiger partial charge is 0.462 e. The predicted octanol–water partition coefficient (Wildman–Crippen LogP) is 6.23. The zero-order chi connectivity index (χ0) is 18.7. The van der Waals surface area contributed by atoms with Crippen molar-refractivity contribution >= 4 is 5.97 Å². The number of fused-ring (bicyclic) bond motifs is 5. The molecule has 4 rings (SSSR count). The lowest BCUT2D eigenvalue weighted by Crippen LogP contribution is -2.54. The molecule has 4 aliphatic rings. The summed E-state index contributed by atoms with van der Waals surface area (Å²) in [5.74, 6) is 5.27. The fraction of sp³-hybridized carbons (Fsp3) is 0.958. The van der Waals surface area contributed by atoms with Crippen molar-refractivity contribution in [1.29, 1.82) is 0 Å². The van der Waals surface area contributed by atoms with Crippen LogP contribution in [0.5, 0.6) is 0 Å². The molecular formula is C24H40O2. The van der Waals surface area contributed by atoms with Crippen molar-refractivity contribution in [2.75, 3.05) is 0 Å². The Morgan fingerprint density at radius 2 is 1.62 bits per heavy atom. The van der Waals surface area contributed by atoms with Gasteiger partial charge in [-0.2, -0.15) is 0 Å². The van der Waals surface area contributed by atoms with Crippen LogP contribution in [-0.2, 0) is 9.53 Å². The van der Waals surface area contributed by atoms with Gasteiger partial charge < -0.3 is 4.74 Å². The van der Waals surface area contributed by atoms with Gasteiger partial charge in [0.25, 0.3) is 0 Å². The first-order chi connectivity index (χ1) is 12.3. The lowest BCUT2D eigenvalue weighted by molar-refractivity contribution is -0.162. The summed E-state index contributed by atoms with van der Waals surface area (Å²) in [5, 5.41) is 0. The minimum absolute atomic E-state index is 0.0818. The van der Waals surface area contributed by atoms with Crippen molar-refractivity contribution in [2.45, 2.75) is 98.5 Å². The molecule has 26 heavy (non-hydrogen) atoms. The summed E-state index contributed by atoms with van der Waals surface area (Å²) in [4.78, 5) is 11.6. The van der Waals surface area contributed by atoms with Crippen LogP contribution >= 0.6 is 0 Å². The average Bonchev–Trinajstić information content (AvgIpc) is 2.90. The normalized spacial score (nSPS) is 50.7. The van der Waals surface area contributed by atoms with Crippen molar-refractivity contribution in [3.05, 3.63) is 0 Å². The van der Waals surface area contributed by atoms with Gasteiger partial charge in [0.2, 0.25) is 0 Å². The Balaban J connectivity index is 1.54. The summed E-state index contributed by atoms with van der Waals surface area (Å²) in [7, 11) is 0. The van der Waals surface area contributed by atoms with E-state index in [-0.39, 0.29) is 17.5 Å². The highest BCUT2D eigenvalue weighted by molar-refractivity contribution is 5.66. The molecule has 4 saturated carbocycles. The second-order valence-corrected chi connectivity index (χ2v) is 11.2. The Bertz CT molecular complexity index is 554. The average molecular weight is 361 g/mol. The summed E-state index contributed by atoms with van der Waals surface area (Å²) in [6, 6.07) is 0. The van der Waals surface area contributed by atoms with E-state index in [0.29, 0.717) is 5.41 Å². The highest BCUT2D eigenvalue weighted by Crippen LogP contribution is 2.67. The Labute approximate surface area is 160 Å². The molecular weight excluding hydrogens is 320 g/mol. The second-order valence-electron chi connectivity index (χ2n) is 11.2. The van der Waals surface area contributed by atoms with Gasteiger partial charge >= 0.3 is 5.97 Å². The van der Waals surface area contributed by atoms with Crippen LogP contribution in [0.2, 0.25) is 0 Å². The molecule has 0 radical (unpaired) electrons. The highest BCUT2D eigenvalue weighted by atomic mass is 16.5. The standard InChI is InChI=1S/C24H40O2/c1-15(2)17-10-12-23(4)18(14-17)6-7-19-20-8-9-22(26-16(3)25)24(20,5)13-11-21(19)23/h15,17-22H,6-14H2,1-5H3/t17-,18-,19-,20+,21+,22-,23-,24-/m0/s1.